The summed E-state index contributed by atoms with van der Waals surface area (Å²) in [5, 5.41) is 12.0. The first kappa shape index (κ1) is 29.2. The van der Waals surface area contributed by atoms with E-state index in [0.717, 1.165) is 21.2 Å². The highest BCUT2D eigenvalue weighted by Gasteiger charge is 2.44. The summed E-state index contributed by atoms with van der Waals surface area (Å²) in [6.45, 7) is 0.817. The molecule has 1 aliphatic rings. The van der Waals surface area contributed by atoms with Crippen molar-refractivity contribution in [2.45, 2.75) is 24.9 Å². The Morgan fingerprint density at radius 2 is 1.68 bits per heavy atom. The Morgan fingerprint density at radius 1 is 1.00 bits per heavy atom. The highest BCUT2D eigenvalue weighted by molar-refractivity contribution is 9.10. The normalized spacial score (nSPS) is 16.1. The fourth-order valence-electron chi connectivity index (χ4n) is 4.35. The Labute approximate surface area is 242 Å². The van der Waals surface area contributed by atoms with E-state index in [9.17, 15) is 4.79 Å². The second kappa shape index (κ2) is 13.5. The van der Waals surface area contributed by atoms with Gasteiger partial charge in [-0.25, -0.2) is 4.99 Å². The summed E-state index contributed by atoms with van der Waals surface area (Å²) >= 11 is 3.47. The third-order valence-electron chi connectivity index (χ3n) is 6.45. The molecule has 40 heavy (non-hydrogen) atoms. The number of aliphatic hydroxyl groups excluding tert-OH is 1. The number of benzene rings is 3. The van der Waals surface area contributed by atoms with Crippen molar-refractivity contribution in [2.75, 3.05) is 41.2 Å². The molecular formula is C30H33BrN2O7. The summed E-state index contributed by atoms with van der Waals surface area (Å²) in [6.07, 6.45) is 0.911. The largest absolute Gasteiger partial charge is 0.494 e. The first-order valence-corrected chi connectivity index (χ1v) is 13.6. The average Bonchev–Trinajstić information content (AvgIpc) is 3.42. The SMILES string of the molecule is COc1cc(CNC(=O)[C@@]2(Cc3ccc(Br)cc3)COC(c3ccc(OCCCO)cc3)=N2)cc(OC)c1OC. The standard InChI is InChI=1S/C30H33BrN2O7/c1-36-25-15-21(16-26(37-2)27(25)38-3)18-32-29(35)30(17-20-5-9-23(31)10-6-20)19-40-28(33-30)22-7-11-24(12-8-22)39-14-4-13-34/h5-12,15-16,34H,4,13-14,17-19H2,1-3H3,(H,32,35)/t30-/m1/s1. The maximum atomic E-state index is 13.8. The molecule has 9 nitrogen and oxygen atoms in total. The molecule has 0 aliphatic carbocycles. The van der Waals surface area contributed by atoms with Gasteiger partial charge in [0, 0.05) is 36.0 Å². The van der Waals surface area contributed by atoms with Gasteiger partial charge in [-0.15, -0.1) is 0 Å². The Morgan fingerprint density at radius 3 is 2.27 bits per heavy atom. The van der Waals surface area contributed by atoms with Crippen LogP contribution in [-0.4, -0.2) is 63.6 Å². The molecule has 3 aromatic carbocycles. The summed E-state index contributed by atoms with van der Waals surface area (Å²) in [5.74, 6) is 2.30. The van der Waals surface area contributed by atoms with E-state index in [1.807, 2.05) is 48.5 Å². The number of methoxy groups -OCH3 is 3. The summed E-state index contributed by atoms with van der Waals surface area (Å²) in [6, 6.07) is 18.7. The average molecular weight is 614 g/mol. The highest BCUT2D eigenvalue weighted by atomic mass is 79.9. The lowest BCUT2D eigenvalue weighted by Crippen LogP contribution is -2.48. The van der Waals surface area contributed by atoms with Crippen molar-refractivity contribution in [1.29, 1.82) is 0 Å². The molecule has 2 N–H and O–H groups in total. The van der Waals surface area contributed by atoms with Crippen LogP contribution < -0.4 is 24.3 Å². The number of rotatable bonds is 13. The zero-order valence-corrected chi connectivity index (χ0v) is 24.3. The number of carbonyl (C=O) groups is 1. The van der Waals surface area contributed by atoms with Crippen LogP contribution >= 0.6 is 15.9 Å². The Hall–Kier alpha value is -3.76. The summed E-state index contributed by atoms with van der Waals surface area (Å²) < 4.78 is 28.9. The van der Waals surface area contributed by atoms with Crippen molar-refractivity contribution in [1.82, 2.24) is 5.32 Å². The number of carbonyl (C=O) groups excluding carboxylic acids is 1. The third kappa shape index (κ3) is 6.86. The Bertz CT molecular complexity index is 1300. The number of aliphatic hydroxyl groups is 1. The zero-order chi connectivity index (χ0) is 28.5. The van der Waals surface area contributed by atoms with Gasteiger partial charge in [-0.05, 0) is 59.7 Å². The summed E-state index contributed by atoms with van der Waals surface area (Å²) in [7, 11) is 4.64. The first-order chi connectivity index (χ1) is 19.4. The third-order valence-corrected chi connectivity index (χ3v) is 6.97. The van der Waals surface area contributed by atoms with Crippen molar-refractivity contribution in [3.63, 3.8) is 0 Å². The van der Waals surface area contributed by atoms with Crippen molar-refractivity contribution < 1.29 is 33.6 Å². The van der Waals surface area contributed by atoms with Crippen LogP contribution in [0, 0.1) is 0 Å². The van der Waals surface area contributed by atoms with Gasteiger partial charge in [0.1, 0.15) is 12.4 Å². The van der Waals surface area contributed by atoms with Gasteiger partial charge in [0.25, 0.3) is 5.91 Å². The molecule has 0 radical (unpaired) electrons. The topological polar surface area (TPSA) is 108 Å². The number of nitrogens with one attached hydrogen (secondary N) is 1. The van der Waals surface area contributed by atoms with Gasteiger partial charge in [-0.1, -0.05) is 28.1 Å². The van der Waals surface area contributed by atoms with E-state index < -0.39 is 5.54 Å². The van der Waals surface area contributed by atoms with Crippen molar-refractivity contribution >= 4 is 27.7 Å². The van der Waals surface area contributed by atoms with Crippen LogP contribution in [0.2, 0.25) is 0 Å². The molecule has 1 heterocycles. The van der Waals surface area contributed by atoms with Crippen LogP contribution in [0.5, 0.6) is 23.0 Å². The van der Waals surface area contributed by atoms with E-state index in [0.29, 0.717) is 48.3 Å². The summed E-state index contributed by atoms with van der Waals surface area (Å²) in [4.78, 5) is 18.6. The molecule has 1 atom stereocenters. The monoisotopic (exact) mass is 612 g/mol. The molecule has 10 heteroatoms. The molecular weight excluding hydrogens is 580 g/mol. The minimum absolute atomic E-state index is 0.0742. The predicted octanol–water partition coefficient (Wildman–Crippen LogP) is 4.31. The Balaban J connectivity index is 1.58. The van der Waals surface area contributed by atoms with Crippen LogP contribution in [0.15, 0.2) is 70.1 Å². The number of amides is 1. The van der Waals surface area contributed by atoms with Crippen LogP contribution in [0.25, 0.3) is 0 Å². The molecule has 4 rings (SSSR count). The van der Waals surface area contributed by atoms with E-state index in [4.69, 9.17) is 33.8 Å². The second-order valence-corrected chi connectivity index (χ2v) is 10.1. The quantitative estimate of drug-likeness (QED) is 0.277. The lowest BCUT2D eigenvalue weighted by Gasteiger charge is -2.23. The minimum Gasteiger partial charge on any atom is -0.494 e. The lowest BCUT2D eigenvalue weighted by molar-refractivity contribution is -0.126. The molecule has 1 amide bonds. The number of hydrogen-bond donors (Lipinski definition) is 2. The van der Waals surface area contributed by atoms with Crippen LogP contribution in [0.4, 0.5) is 0 Å². The first-order valence-electron chi connectivity index (χ1n) is 12.8. The molecule has 3 aromatic rings. The summed E-state index contributed by atoms with van der Waals surface area (Å²) in [5.41, 5.74) is 1.30. The molecule has 1 aliphatic heterocycles. The second-order valence-electron chi connectivity index (χ2n) is 9.21. The molecule has 0 fully saturated rings. The van der Waals surface area contributed by atoms with Crippen LogP contribution in [-0.2, 0) is 22.5 Å². The van der Waals surface area contributed by atoms with Gasteiger partial charge in [0.05, 0.1) is 27.9 Å². The van der Waals surface area contributed by atoms with Gasteiger partial charge < -0.3 is 34.1 Å². The number of aliphatic imine (C=N–C) groups is 1. The smallest absolute Gasteiger partial charge is 0.252 e. The zero-order valence-electron chi connectivity index (χ0n) is 22.7. The van der Waals surface area contributed by atoms with Crippen molar-refractivity contribution in [2.24, 2.45) is 4.99 Å². The van der Waals surface area contributed by atoms with Gasteiger partial charge in [-0.2, -0.15) is 0 Å². The molecule has 0 saturated heterocycles. The predicted molar refractivity (Wildman–Crippen MR) is 155 cm³/mol. The molecule has 0 saturated carbocycles. The van der Waals surface area contributed by atoms with E-state index >= 15 is 0 Å². The number of ether oxygens (including phenoxy) is 5. The maximum absolute atomic E-state index is 13.8. The molecule has 0 spiro atoms. The van der Waals surface area contributed by atoms with E-state index in [1.165, 1.54) is 0 Å². The van der Waals surface area contributed by atoms with Crippen molar-refractivity contribution in [3.05, 3.63) is 81.8 Å². The minimum atomic E-state index is -1.17. The lowest BCUT2D eigenvalue weighted by atomic mass is 9.91. The van der Waals surface area contributed by atoms with Crippen molar-refractivity contribution in [3.8, 4) is 23.0 Å². The van der Waals surface area contributed by atoms with Gasteiger partial charge in [-0.3, -0.25) is 4.79 Å². The van der Waals surface area contributed by atoms with Crippen LogP contribution in [0.3, 0.4) is 0 Å². The number of halogens is 1. The van der Waals surface area contributed by atoms with E-state index in [2.05, 4.69) is 21.2 Å². The van der Waals surface area contributed by atoms with Crippen LogP contribution in [0.1, 0.15) is 23.1 Å². The molecule has 0 bridgehead atoms. The van der Waals surface area contributed by atoms with Gasteiger partial charge >= 0.3 is 0 Å². The van der Waals surface area contributed by atoms with Gasteiger partial charge in [0.15, 0.2) is 17.0 Å². The highest BCUT2D eigenvalue weighted by Crippen LogP contribution is 2.38. The Kier molecular flexibility index (Phi) is 9.89. The fraction of sp³-hybridized carbons (Fsp3) is 0.333. The van der Waals surface area contributed by atoms with Gasteiger partial charge in [0.2, 0.25) is 11.6 Å². The molecule has 0 unspecified atom stereocenters. The molecule has 0 aromatic heterocycles. The van der Waals surface area contributed by atoms with E-state index in [1.54, 1.807) is 33.5 Å². The van der Waals surface area contributed by atoms with E-state index in [-0.39, 0.29) is 25.7 Å². The molecule has 212 valence electrons. The number of hydrogen-bond acceptors (Lipinski definition) is 8. The maximum Gasteiger partial charge on any atom is 0.252 e. The number of nitrogens with zero attached hydrogens (tertiary/aromatic N) is 1. The fourth-order valence-corrected chi connectivity index (χ4v) is 4.62.